The van der Waals surface area contributed by atoms with E-state index in [0.29, 0.717) is 25.9 Å². The minimum Gasteiger partial charge on any atom is -0.383 e. The zero-order valence-corrected chi connectivity index (χ0v) is 13.9. The topological polar surface area (TPSA) is 69.2 Å². The summed E-state index contributed by atoms with van der Waals surface area (Å²) in [5.41, 5.74) is 3.86. The molecule has 0 saturated carbocycles. The Kier molecular flexibility index (Phi) is 3.98. The lowest BCUT2D eigenvalue weighted by molar-refractivity contribution is -0.130. The molecule has 0 aliphatic carbocycles. The number of β-amino-alcohol motifs (C(OH)–C–C–N with tert-alkyl or cyclic N) is 1. The van der Waals surface area contributed by atoms with E-state index in [2.05, 4.69) is 10.2 Å². The number of amides is 1. The van der Waals surface area contributed by atoms with Gasteiger partial charge in [-0.2, -0.15) is 5.10 Å². The van der Waals surface area contributed by atoms with Crippen molar-refractivity contribution < 1.29 is 9.90 Å². The first-order valence-corrected chi connectivity index (χ1v) is 7.97. The zero-order chi connectivity index (χ0) is 16.6. The lowest BCUT2D eigenvalue weighted by Crippen LogP contribution is -2.35. The number of H-pyrrole nitrogens is 1. The predicted molar refractivity (Wildman–Crippen MR) is 88.0 cm³/mol. The Balaban J connectivity index is 1.71. The summed E-state index contributed by atoms with van der Waals surface area (Å²) >= 11 is 0. The van der Waals surface area contributed by atoms with Crippen LogP contribution in [0.4, 0.5) is 0 Å². The van der Waals surface area contributed by atoms with Crippen LogP contribution in [0.5, 0.6) is 0 Å². The summed E-state index contributed by atoms with van der Waals surface area (Å²) in [4.78, 5) is 14.3. The summed E-state index contributed by atoms with van der Waals surface area (Å²) in [6.07, 6.45) is 0.906. The Morgan fingerprint density at radius 3 is 2.61 bits per heavy atom. The highest BCUT2D eigenvalue weighted by Crippen LogP contribution is 2.32. The predicted octanol–water partition coefficient (Wildman–Crippen LogP) is 2.00. The number of rotatable bonds is 3. The normalized spacial score (nSPS) is 21.0. The number of aromatic nitrogens is 2. The number of hydrogen-bond acceptors (Lipinski definition) is 3. The van der Waals surface area contributed by atoms with Crippen LogP contribution < -0.4 is 0 Å². The fraction of sp³-hybridized carbons (Fsp3) is 0.444. The van der Waals surface area contributed by atoms with Crippen molar-refractivity contribution in [3.63, 3.8) is 0 Å². The van der Waals surface area contributed by atoms with Crippen LogP contribution >= 0.6 is 0 Å². The quantitative estimate of drug-likeness (QED) is 0.910. The van der Waals surface area contributed by atoms with Gasteiger partial charge in [0.05, 0.1) is 18.7 Å². The number of aromatic amines is 1. The Bertz CT molecular complexity index is 701. The smallest absolute Gasteiger partial charge is 0.227 e. The average molecular weight is 313 g/mol. The van der Waals surface area contributed by atoms with Crippen LogP contribution in [0, 0.1) is 20.8 Å². The fourth-order valence-electron chi connectivity index (χ4n) is 3.20. The van der Waals surface area contributed by atoms with Crippen molar-refractivity contribution in [3.05, 3.63) is 52.3 Å². The maximum absolute atomic E-state index is 12.6. The van der Waals surface area contributed by atoms with Gasteiger partial charge in [-0.15, -0.1) is 0 Å². The number of aliphatic hydroxyl groups is 1. The third-order valence-corrected chi connectivity index (χ3v) is 4.80. The van der Waals surface area contributed by atoms with Gasteiger partial charge in [-0.25, -0.2) is 0 Å². The van der Waals surface area contributed by atoms with Crippen LogP contribution in [0.3, 0.4) is 0 Å². The molecule has 122 valence electrons. The van der Waals surface area contributed by atoms with E-state index in [1.807, 2.05) is 45.0 Å². The third kappa shape index (κ3) is 3.01. The molecule has 23 heavy (non-hydrogen) atoms. The van der Waals surface area contributed by atoms with Gasteiger partial charge in [0.1, 0.15) is 5.60 Å². The first-order valence-electron chi connectivity index (χ1n) is 7.97. The molecule has 5 heteroatoms. The summed E-state index contributed by atoms with van der Waals surface area (Å²) in [6.45, 7) is 6.78. The van der Waals surface area contributed by atoms with Gasteiger partial charge in [0.2, 0.25) is 5.91 Å². The standard InChI is InChI=1S/C18H23N3O2/c1-12-4-6-15(7-5-12)18(23)8-9-21(11-18)17(22)10-16-13(2)19-20-14(16)3/h4-7,23H,8-11H2,1-3H3,(H,19,20). The second-order valence-electron chi connectivity index (χ2n) is 6.55. The second-order valence-corrected chi connectivity index (χ2v) is 6.55. The molecule has 1 fully saturated rings. The summed E-state index contributed by atoms with van der Waals surface area (Å²) in [6, 6.07) is 7.90. The molecular weight excluding hydrogens is 290 g/mol. The molecule has 2 N–H and O–H groups in total. The van der Waals surface area contributed by atoms with Gasteiger partial charge in [0, 0.05) is 17.8 Å². The molecule has 2 aromatic rings. The van der Waals surface area contributed by atoms with Gasteiger partial charge in [0.15, 0.2) is 0 Å². The summed E-state index contributed by atoms with van der Waals surface area (Å²) in [5.74, 6) is 0.0423. The van der Waals surface area contributed by atoms with Crippen molar-refractivity contribution in [2.45, 2.75) is 39.2 Å². The molecule has 3 rings (SSSR count). The van der Waals surface area contributed by atoms with Gasteiger partial charge in [-0.05, 0) is 32.8 Å². The summed E-state index contributed by atoms with van der Waals surface area (Å²) < 4.78 is 0. The zero-order valence-electron chi connectivity index (χ0n) is 13.9. The molecule has 0 radical (unpaired) electrons. The van der Waals surface area contributed by atoms with Gasteiger partial charge in [-0.3, -0.25) is 9.89 Å². The highest BCUT2D eigenvalue weighted by atomic mass is 16.3. The van der Waals surface area contributed by atoms with Crippen LogP contribution in [-0.2, 0) is 16.8 Å². The van der Waals surface area contributed by atoms with Crippen LogP contribution in [0.1, 0.15) is 34.5 Å². The molecule has 5 nitrogen and oxygen atoms in total. The van der Waals surface area contributed by atoms with Gasteiger partial charge in [-0.1, -0.05) is 29.8 Å². The van der Waals surface area contributed by atoms with Gasteiger partial charge >= 0.3 is 0 Å². The summed E-state index contributed by atoms with van der Waals surface area (Å²) in [5, 5.41) is 17.9. The Morgan fingerprint density at radius 1 is 1.30 bits per heavy atom. The van der Waals surface area contributed by atoms with Crippen molar-refractivity contribution in [1.82, 2.24) is 15.1 Å². The Morgan fingerprint density at radius 2 is 2.00 bits per heavy atom. The Labute approximate surface area is 136 Å². The minimum absolute atomic E-state index is 0.0423. The number of likely N-dealkylation sites (tertiary alicyclic amines) is 1. The number of carbonyl (C=O) groups is 1. The van der Waals surface area contributed by atoms with Crippen LogP contribution in [0.2, 0.25) is 0 Å². The summed E-state index contributed by atoms with van der Waals surface area (Å²) in [7, 11) is 0. The SMILES string of the molecule is Cc1ccc(C2(O)CCN(C(=O)Cc3c(C)n[nH]c3C)C2)cc1. The Hall–Kier alpha value is -2.14. The second kappa shape index (κ2) is 5.81. The minimum atomic E-state index is -0.941. The highest BCUT2D eigenvalue weighted by molar-refractivity contribution is 5.79. The molecule has 1 aliphatic heterocycles. The van der Waals surface area contributed by atoms with Gasteiger partial charge < -0.3 is 10.0 Å². The maximum Gasteiger partial charge on any atom is 0.227 e. The number of hydrogen-bond donors (Lipinski definition) is 2. The average Bonchev–Trinajstić information content (AvgIpc) is 3.06. The number of nitrogens with one attached hydrogen (secondary N) is 1. The maximum atomic E-state index is 12.6. The fourth-order valence-corrected chi connectivity index (χ4v) is 3.20. The van der Waals surface area contributed by atoms with Crippen molar-refractivity contribution >= 4 is 5.91 Å². The number of benzene rings is 1. The van der Waals surface area contributed by atoms with Crippen LogP contribution in [0.15, 0.2) is 24.3 Å². The van der Waals surface area contributed by atoms with E-state index in [0.717, 1.165) is 28.1 Å². The molecule has 2 heterocycles. The molecule has 1 aromatic carbocycles. The number of nitrogens with zero attached hydrogens (tertiary/aromatic N) is 2. The van der Waals surface area contributed by atoms with E-state index < -0.39 is 5.60 Å². The lowest BCUT2D eigenvalue weighted by atomic mass is 9.92. The van der Waals surface area contributed by atoms with E-state index in [-0.39, 0.29) is 5.91 Å². The molecule has 1 atom stereocenters. The van der Waals surface area contributed by atoms with Crippen LogP contribution in [-0.4, -0.2) is 39.2 Å². The molecular formula is C18H23N3O2. The van der Waals surface area contributed by atoms with Crippen molar-refractivity contribution in [2.75, 3.05) is 13.1 Å². The molecule has 1 saturated heterocycles. The van der Waals surface area contributed by atoms with E-state index in [1.54, 1.807) is 4.90 Å². The van der Waals surface area contributed by atoms with E-state index >= 15 is 0 Å². The highest BCUT2D eigenvalue weighted by Gasteiger charge is 2.39. The number of aryl methyl sites for hydroxylation is 3. The van der Waals surface area contributed by atoms with E-state index in [9.17, 15) is 9.90 Å². The van der Waals surface area contributed by atoms with E-state index in [1.165, 1.54) is 0 Å². The first-order chi connectivity index (χ1) is 10.9. The number of carbonyl (C=O) groups excluding carboxylic acids is 1. The molecule has 1 aromatic heterocycles. The largest absolute Gasteiger partial charge is 0.383 e. The molecule has 1 unspecified atom stereocenters. The molecule has 1 aliphatic rings. The first kappa shape index (κ1) is 15.7. The van der Waals surface area contributed by atoms with Crippen molar-refractivity contribution in [1.29, 1.82) is 0 Å². The van der Waals surface area contributed by atoms with Crippen molar-refractivity contribution in [2.24, 2.45) is 0 Å². The van der Waals surface area contributed by atoms with Crippen molar-refractivity contribution in [3.8, 4) is 0 Å². The van der Waals surface area contributed by atoms with Crippen LogP contribution in [0.25, 0.3) is 0 Å². The van der Waals surface area contributed by atoms with Gasteiger partial charge in [0.25, 0.3) is 0 Å². The molecule has 0 spiro atoms. The lowest BCUT2D eigenvalue weighted by Gasteiger charge is -2.24. The van der Waals surface area contributed by atoms with E-state index in [4.69, 9.17) is 0 Å². The third-order valence-electron chi connectivity index (χ3n) is 4.80. The monoisotopic (exact) mass is 313 g/mol. The molecule has 1 amide bonds. The molecule has 0 bridgehead atoms.